The van der Waals surface area contributed by atoms with Crippen LogP contribution in [0.25, 0.3) is 0 Å². The van der Waals surface area contributed by atoms with Crippen molar-refractivity contribution in [2.24, 2.45) is 5.41 Å². The van der Waals surface area contributed by atoms with Gasteiger partial charge in [0.2, 0.25) is 0 Å². The van der Waals surface area contributed by atoms with Crippen LogP contribution in [-0.4, -0.2) is 13.1 Å². The third-order valence-electron chi connectivity index (χ3n) is 2.95. The first-order valence-electron chi connectivity index (χ1n) is 4.82. The average Bonchev–Trinajstić information content (AvgIpc) is 2.06. The molecule has 0 unspecified atom stereocenters. The van der Waals surface area contributed by atoms with E-state index in [0.29, 0.717) is 18.5 Å². The van der Waals surface area contributed by atoms with Gasteiger partial charge in [0.25, 0.3) is 6.47 Å². The largest absolute Gasteiger partial charge is 0.468 e. The van der Waals surface area contributed by atoms with Crippen LogP contribution in [-0.2, 0) is 9.53 Å². The normalized spacial score (nSPS) is 21.8. The molecule has 0 aliphatic heterocycles. The van der Waals surface area contributed by atoms with Crippen molar-refractivity contribution in [3.63, 3.8) is 0 Å². The van der Waals surface area contributed by atoms with Crippen molar-refractivity contribution in [3.8, 4) is 0 Å². The second-order valence-electron chi connectivity index (χ2n) is 4.09. The van der Waals surface area contributed by atoms with Crippen molar-refractivity contribution in [2.45, 2.75) is 45.4 Å². The Morgan fingerprint density at radius 2 is 2.00 bits per heavy atom. The molecule has 0 amide bonds. The van der Waals surface area contributed by atoms with Gasteiger partial charge in [-0.1, -0.05) is 26.2 Å². The Labute approximate surface area is 74.3 Å². The average molecular weight is 170 g/mol. The number of rotatable bonds is 4. The maximum Gasteiger partial charge on any atom is 0.293 e. The predicted molar refractivity (Wildman–Crippen MR) is 47.8 cm³/mol. The van der Waals surface area contributed by atoms with E-state index >= 15 is 0 Å². The summed E-state index contributed by atoms with van der Waals surface area (Å²) in [5.74, 6) is 0. The molecule has 12 heavy (non-hydrogen) atoms. The zero-order chi connectivity index (χ0) is 8.86. The van der Waals surface area contributed by atoms with Crippen LogP contribution in [0, 0.1) is 5.41 Å². The molecular formula is C10H18O2. The van der Waals surface area contributed by atoms with Gasteiger partial charge < -0.3 is 4.74 Å². The summed E-state index contributed by atoms with van der Waals surface area (Å²) < 4.78 is 4.72. The molecule has 1 fully saturated rings. The van der Waals surface area contributed by atoms with Crippen molar-refractivity contribution in [2.75, 3.05) is 6.61 Å². The lowest BCUT2D eigenvalue weighted by Crippen LogP contribution is -2.21. The molecule has 0 heterocycles. The van der Waals surface area contributed by atoms with Crippen LogP contribution in [0.3, 0.4) is 0 Å². The van der Waals surface area contributed by atoms with E-state index in [9.17, 15) is 4.79 Å². The monoisotopic (exact) mass is 170 g/mol. The second kappa shape index (κ2) is 4.48. The summed E-state index contributed by atoms with van der Waals surface area (Å²) in [7, 11) is 0. The van der Waals surface area contributed by atoms with Crippen LogP contribution < -0.4 is 0 Å². The van der Waals surface area contributed by atoms with Gasteiger partial charge in [0, 0.05) is 0 Å². The van der Waals surface area contributed by atoms with Gasteiger partial charge in [0.15, 0.2) is 0 Å². The summed E-state index contributed by atoms with van der Waals surface area (Å²) in [6.07, 6.45) is 7.70. The maximum absolute atomic E-state index is 9.93. The second-order valence-corrected chi connectivity index (χ2v) is 4.09. The fraction of sp³-hybridized carbons (Fsp3) is 0.900. The van der Waals surface area contributed by atoms with Gasteiger partial charge in [0.1, 0.15) is 0 Å². The van der Waals surface area contributed by atoms with Crippen molar-refractivity contribution in [1.82, 2.24) is 0 Å². The van der Waals surface area contributed by atoms with Gasteiger partial charge >= 0.3 is 0 Å². The van der Waals surface area contributed by atoms with E-state index in [1.165, 1.54) is 32.1 Å². The van der Waals surface area contributed by atoms with Crippen LogP contribution >= 0.6 is 0 Å². The maximum atomic E-state index is 9.93. The molecule has 0 radical (unpaired) electrons. The lowest BCUT2D eigenvalue weighted by atomic mass is 9.74. The van der Waals surface area contributed by atoms with E-state index < -0.39 is 0 Å². The summed E-state index contributed by atoms with van der Waals surface area (Å²) >= 11 is 0. The molecule has 1 aliphatic carbocycles. The molecule has 2 nitrogen and oxygen atoms in total. The summed E-state index contributed by atoms with van der Waals surface area (Å²) in [5.41, 5.74) is 0.446. The van der Waals surface area contributed by atoms with Gasteiger partial charge in [-0.15, -0.1) is 0 Å². The molecule has 0 atom stereocenters. The molecule has 1 saturated carbocycles. The van der Waals surface area contributed by atoms with Gasteiger partial charge in [0.05, 0.1) is 6.61 Å². The standard InChI is InChI=1S/C10H18O2/c1-10(7-8-12-9-11)5-3-2-4-6-10/h9H,2-8H2,1H3. The smallest absolute Gasteiger partial charge is 0.293 e. The van der Waals surface area contributed by atoms with Gasteiger partial charge in [-0.25, -0.2) is 0 Å². The van der Waals surface area contributed by atoms with Crippen LogP contribution in [0.2, 0.25) is 0 Å². The van der Waals surface area contributed by atoms with Crippen molar-refractivity contribution >= 4 is 6.47 Å². The fourth-order valence-electron chi connectivity index (χ4n) is 2.01. The zero-order valence-electron chi connectivity index (χ0n) is 7.84. The van der Waals surface area contributed by atoms with E-state index in [4.69, 9.17) is 4.74 Å². The quantitative estimate of drug-likeness (QED) is 0.478. The summed E-state index contributed by atoms with van der Waals surface area (Å²) in [5, 5.41) is 0. The number of carbonyl (C=O) groups excluding carboxylic acids is 1. The van der Waals surface area contributed by atoms with Crippen LogP contribution in [0.15, 0.2) is 0 Å². The Morgan fingerprint density at radius 3 is 2.58 bits per heavy atom. The molecule has 0 spiro atoms. The molecule has 0 aromatic rings. The Bertz CT molecular complexity index is 137. The van der Waals surface area contributed by atoms with Crippen LogP contribution in [0.4, 0.5) is 0 Å². The summed E-state index contributed by atoms with van der Waals surface area (Å²) in [4.78, 5) is 9.93. The minimum absolute atomic E-state index is 0.446. The number of hydrogen-bond donors (Lipinski definition) is 0. The Kier molecular flexibility index (Phi) is 3.57. The van der Waals surface area contributed by atoms with Crippen molar-refractivity contribution in [1.29, 1.82) is 0 Å². The predicted octanol–water partition coefficient (Wildman–Crippen LogP) is 2.52. The SMILES string of the molecule is CC1(CCOC=O)CCCCC1. The van der Waals surface area contributed by atoms with Crippen molar-refractivity contribution in [3.05, 3.63) is 0 Å². The minimum Gasteiger partial charge on any atom is -0.468 e. The lowest BCUT2D eigenvalue weighted by Gasteiger charge is -2.33. The molecule has 0 aromatic carbocycles. The fourth-order valence-corrected chi connectivity index (χ4v) is 2.01. The van der Waals surface area contributed by atoms with Crippen LogP contribution in [0.1, 0.15) is 45.4 Å². The highest BCUT2D eigenvalue weighted by Crippen LogP contribution is 2.38. The highest BCUT2D eigenvalue weighted by Gasteiger charge is 2.26. The van der Waals surface area contributed by atoms with Gasteiger partial charge in [-0.3, -0.25) is 4.79 Å². The van der Waals surface area contributed by atoms with E-state index in [-0.39, 0.29) is 0 Å². The molecule has 0 bridgehead atoms. The zero-order valence-corrected chi connectivity index (χ0v) is 7.84. The first-order valence-corrected chi connectivity index (χ1v) is 4.82. The minimum atomic E-state index is 0.446. The topological polar surface area (TPSA) is 26.3 Å². The van der Waals surface area contributed by atoms with Crippen molar-refractivity contribution < 1.29 is 9.53 Å². The lowest BCUT2D eigenvalue weighted by molar-refractivity contribution is -0.129. The third kappa shape index (κ3) is 2.84. The summed E-state index contributed by atoms with van der Waals surface area (Å²) in [6.45, 7) is 3.45. The molecular weight excluding hydrogens is 152 g/mol. The van der Waals surface area contributed by atoms with Gasteiger partial charge in [-0.05, 0) is 24.7 Å². The molecule has 70 valence electrons. The Balaban J connectivity index is 2.21. The highest BCUT2D eigenvalue weighted by molar-refractivity contribution is 5.36. The molecule has 0 aromatic heterocycles. The Hall–Kier alpha value is -0.530. The highest BCUT2D eigenvalue weighted by atomic mass is 16.5. The summed E-state index contributed by atoms with van der Waals surface area (Å²) in [6, 6.07) is 0. The van der Waals surface area contributed by atoms with E-state index in [0.717, 1.165) is 6.42 Å². The molecule has 0 N–H and O–H groups in total. The first kappa shape index (κ1) is 9.56. The van der Waals surface area contributed by atoms with Gasteiger partial charge in [-0.2, -0.15) is 0 Å². The van der Waals surface area contributed by atoms with E-state index in [1.54, 1.807) is 0 Å². The number of hydrogen-bond acceptors (Lipinski definition) is 2. The first-order chi connectivity index (χ1) is 5.77. The number of ether oxygens (including phenoxy) is 1. The van der Waals surface area contributed by atoms with E-state index in [1.807, 2.05) is 0 Å². The molecule has 1 rings (SSSR count). The van der Waals surface area contributed by atoms with E-state index in [2.05, 4.69) is 6.92 Å². The molecule has 0 saturated heterocycles. The van der Waals surface area contributed by atoms with Crippen LogP contribution in [0.5, 0.6) is 0 Å². The third-order valence-corrected chi connectivity index (χ3v) is 2.95. The Morgan fingerprint density at radius 1 is 1.33 bits per heavy atom. The number of carbonyl (C=O) groups is 1. The molecule has 2 heteroatoms. The molecule has 1 aliphatic rings.